The first kappa shape index (κ1) is 11.7. The van der Waals surface area contributed by atoms with Crippen LogP contribution in [-0.2, 0) is 0 Å². The molecule has 0 spiro atoms. The molecular weight excluding hydrogens is 260 g/mol. The van der Waals surface area contributed by atoms with Gasteiger partial charge in [-0.1, -0.05) is 18.2 Å². The van der Waals surface area contributed by atoms with E-state index in [-0.39, 0.29) is 11.7 Å². The van der Waals surface area contributed by atoms with Crippen molar-refractivity contribution in [1.29, 1.82) is 0 Å². The molecule has 0 bridgehead atoms. The van der Waals surface area contributed by atoms with Crippen LogP contribution in [0.1, 0.15) is 9.80 Å². The van der Waals surface area contributed by atoms with Crippen LogP contribution >= 0.6 is 11.3 Å². The van der Waals surface area contributed by atoms with Gasteiger partial charge in [0.15, 0.2) is 5.01 Å². The number of carbonyl (C=O) groups is 1. The molecule has 3 rings (SSSR count). The summed E-state index contributed by atoms with van der Waals surface area (Å²) in [6.07, 6.45) is 0. The van der Waals surface area contributed by atoms with Gasteiger partial charge in [-0.05, 0) is 24.3 Å². The van der Waals surface area contributed by atoms with Gasteiger partial charge in [0.2, 0.25) is 0 Å². The second-order valence-electron chi connectivity index (χ2n) is 3.99. The van der Waals surface area contributed by atoms with Crippen LogP contribution in [0.5, 0.6) is 5.75 Å². The van der Waals surface area contributed by atoms with E-state index in [1.54, 1.807) is 18.2 Å². The van der Waals surface area contributed by atoms with Crippen molar-refractivity contribution in [3.63, 3.8) is 0 Å². The molecule has 5 heteroatoms. The number of benzene rings is 2. The van der Waals surface area contributed by atoms with Crippen molar-refractivity contribution in [1.82, 2.24) is 4.98 Å². The third kappa shape index (κ3) is 2.41. The number of anilines is 1. The molecule has 0 saturated heterocycles. The standard InChI is InChI=1S/C14H10N2O2S/c17-10-5-3-4-9(8-10)15-13(18)14-16-11-6-1-2-7-12(11)19-14/h1-8,17H,(H,15,18). The number of phenols is 1. The van der Waals surface area contributed by atoms with Crippen molar-refractivity contribution in [3.8, 4) is 5.75 Å². The molecule has 0 aliphatic carbocycles. The Hall–Kier alpha value is -2.40. The fourth-order valence-corrected chi connectivity index (χ4v) is 2.60. The second-order valence-corrected chi connectivity index (χ2v) is 5.02. The Balaban J connectivity index is 1.87. The molecule has 0 unspecified atom stereocenters. The number of phenolic OH excluding ortho intramolecular Hbond substituents is 1. The molecular formula is C14H10N2O2S. The van der Waals surface area contributed by atoms with Crippen molar-refractivity contribution < 1.29 is 9.90 Å². The molecule has 0 aliphatic heterocycles. The Morgan fingerprint density at radius 1 is 1.16 bits per heavy atom. The van der Waals surface area contributed by atoms with Crippen LogP contribution in [0, 0.1) is 0 Å². The predicted molar refractivity (Wildman–Crippen MR) is 75.7 cm³/mol. The molecule has 3 aromatic rings. The summed E-state index contributed by atoms with van der Waals surface area (Å²) >= 11 is 1.34. The monoisotopic (exact) mass is 270 g/mol. The first-order valence-electron chi connectivity index (χ1n) is 5.68. The number of thiazole rings is 1. The largest absolute Gasteiger partial charge is 0.508 e. The highest BCUT2D eigenvalue weighted by molar-refractivity contribution is 7.20. The van der Waals surface area contributed by atoms with Gasteiger partial charge < -0.3 is 10.4 Å². The molecule has 0 aliphatic rings. The zero-order valence-corrected chi connectivity index (χ0v) is 10.6. The first-order chi connectivity index (χ1) is 9.22. The molecule has 2 N–H and O–H groups in total. The van der Waals surface area contributed by atoms with E-state index in [1.807, 2.05) is 24.3 Å². The van der Waals surface area contributed by atoms with Gasteiger partial charge in [-0.2, -0.15) is 0 Å². The normalized spacial score (nSPS) is 10.5. The summed E-state index contributed by atoms with van der Waals surface area (Å²) in [6, 6.07) is 14.0. The number of nitrogens with zero attached hydrogens (tertiary/aromatic N) is 1. The van der Waals surface area contributed by atoms with Gasteiger partial charge in [0, 0.05) is 11.8 Å². The Labute approximate surface area is 113 Å². The van der Waals surface area contributed by atoms with E-state index in [4.69, 9.17) is 0 Å². The van der Waals surface area contributed by atoms with Crippen LogP contribution < -0.4 is 5.32 Å². The number of para-hydroxylation sites is 1. The van der Waals surface area contributed by atoms with E-state index in [0.29, 0.717) is 10.7 Å². The van der Waals surface area contributed by atoms with Gasteiger partial charge in [0.1, 0.15) is 5.75 Å². The van der Waals surface area contributed by atoms with Gasteiger partial charge in [0.05, 0.1) is 10.2 Å². The van der Waals surface area contributed by atoms with Crippen LogP contribution in [0.25, 0.3) is 10.2 Å². The number of hydrogen-bond donors (Lipinski definition) is 2. The molecule has 94 valence electrons. The zero-order chi connectivity index (χ0) is 13.2. The van der Waals surface area contributed by atoms with Crippen LogP contribution in [0.3, 0.4) is 0 Å². The molecule has 1 heterocycles. The summed E-state index contributed by atoms with van der Waals surface area (Å²) in [7, 11) is 0. The minimum Gasteiger partial charge on any atom is -0.508 e. The highest BCUT2D eigenvalue weighted by Gasteiger charge is 2.12. The Morgan fingerprint density at radius 2 is 2.00 bits per heavy atom. The van der Waals surface area contributed by atoms with E-state index in [0.717, 1.165) is 10.2 Å². The molecule has 0 fully saturated rings. The molecule has 1 aromatic heterocycles. The van der Waals surface area contributed by atoms with E-state index < -0.39 is 0 Å². The SMILES string of the molecule is O=C(Nc1cccc(O)c1)c1nc2ccccc2s1. The van der Waals surface area contributed by atoms with Crippen molar-refractivity contribution >= 4 is 33.1 Å². The summed E-state index contributed by atoms with van der Waals surface area (Å²) in [6.45, 7) is 0. The first-order valence-corrected chi connectivity index (χ1v) is 6.50. The second kappa shape index (κ2) is 4.70. The van der Waals surface area contributed by atoms with Gasteiger partial charge in [0.25, 0.3) is 5.91 Å². The van der Waals surface area contributed by atoms with Crippen molar-refractivity contribution in [2.75, 3.05) is 5.32 Å². The van der Waals surface area contributed by atoms with Gasteiger partial charge in [-0.25, -0.2) is 4.98 Å². The van der Waals surface area contributed by atoms with Crippen LogP contribution in [-0.4, -0.2) is 16.0 Å². The molecule has 0 atom stereocenters. The number of amides is 1. The van der Waals surface area contributed by atoms with Crippen molar-refractivity contribution in [2.24, 2.45) is 0 Å². The lowest BCUT2D eigenvalue weighted by Gasteiger charge is -2.02. The quantitative estimate of drug-likeness (QED) is 0.751. The third-order valence-electron chi connectivity index (χ3n) is 2.59. The number of aromatic hydroxyl groups is 1. The number of rotatable bonds is 2. The highest BCUT2D eigenvalue weighted by Crippen LogP contribution is 2.23. The lowest BCUT2D eigenvalue weighted by Crippen LogP contribution is -2.11. The lowest BCUT2D eigenvalue weighted by atomic mass is 10.3. The summed E-state index contributed by atoms with van der Waals surface area (Å²) in [5.41, 5.74) is 1.36. The average molecular weight is 270 g/mol. The number of fused-ring (bicyclic) bond motifs is 1. The summed E-state index contributed by atoms with van der Waals surface area (Å²) in [5.74, 6) is -0.158. The maximum absolute atomic E-state index is 12.1. The maximum atomic E-state index is 12.1. The zero-order valence-electron chi connectivity index (χ0n) is 9.83. The van der Waals surface area contributed by atoms with Gasteiger partial charge in [-0.3, -0.25) is 4.79 Å². The minimum atomic E-state index is -0.271. The van der Waals surface area contributed by atoms with Crippen molar-refractivity contribution in [2.45, 2.75) is 0 Å². The summed E-state index contributed by atoms with van der Waals surface area (Å²) in [5, 5.41) is 12.5. The van der Waals surface area contributed by atoms with E-state index >= 15 is 0 Å². The fraction of sp³-hybridized carbons (Fsp3) is 0. The van der Waals surface area contributed by atoms with E-state index in [2.05, 4.69) is 10.3 Å². The minimum absolute atomic E-state index is 0.113. The molecule has 0 saturated carbocycles. The molecule has 19 heavy (non-hydrogen) atoms. The Bertz CT molecular complexity index is 719. The maximum Gasteiger partial charge on any atom is 0.284 e. The topological polar surface area (TPSA) is 62.2 Å². The fourth-order valence-electron chi connectivity index (χ4n) is 1.74. The average Bonchev–Trinajstić information content (AvgIpc) is 2.82. The molecule has 1 amide bonds. The number of hydrogen-bond acceptors (Lipinski definition) is 4. The summed E-state index contributed by atoms with van der Waals surface area (Å²) in [4.78, 5) is 16.3. The van der Waals surface area contributed by atoms with Crippen LogP contribution in [0.15, 0.2) is 48.5 Å². The van der Waals surface area contributed by atoms with E-state index in [1.165, 1.54) is 17.4 Å². The van der Waals surface area contributed by atoms with Gasteiger partial charge in [-0.15, -0.1) is 11.3 Å². The highest BCUT2D eigenvalue weighted by atomic mass is 32.1. The molecule has 2 aromatic carbocycles. The van der Waals surface area contributed by atoms with Crippen LogP contribution in [0.4, 0.5) is 5.69 Å². The smallest absolute Gasteiger partial charge is 0.284 e. The van der Waals surface area contributed by atoms with E-state index in [9.17, 15) is 9.90 Å². The molecule has 4 nitrogen and oxygen atoms in total. The third-order valence-corrected chi connectivity index (χ3v) is 3.63. The van der Waals surface area contributed by atoms with Gasteiger partial charge >= 0.3 is 0 Å². The molecule has 0 radical (unpaired) electrons. The predicted octanol–water partition coefficient (Wildman–Crippen LogP) is 3.25. The van der Waals surface area contributed by atoms with Crippen molar-refractivity contribution in [3.05, 3.63) is 53.5 Å². The lowest BCUT2D eigenvalue weighted by molar-refractivity contribution is 0.102. The Morgan fingerprint density at radius 3 is 2.79 bits per heavy atom. The van der Waals surface area contributed by atoms with Crippen LogP contribution in [0.2, 0.25) is 0 Å². The summed E-state index contributed by atoms with van der Waals surface area (Å²) < 4.78 is 0.976. The number of aromatic nitrogens is 1. The number of carbonyl (C=O) groups excluding carboxylic acids is 1. The number of nitrogens with one attached hydrogen (secondary N) is 1. The Kier molecular flexibility index (Phi) is 2.89.